The topological polar surface area (TPSA) is 66.5 Å². The van der Waals surface area contributed by atoms with Crippen LogP contribution in [-0.2, 0) is 10.0 Å². The van der Waals surface area contributed by atoms with Gasteiger partial charge in [-0.15, -0.1) is 0 Å². The Hall–Kier alpha value is -2.39. The highest BCUT2D eigenvalue weighted by molar-refractivity contribution is 7.89. The average Bonchev–Trinajstić information content (AvgIpc) is 2.55. The summed E-state index contributed by atoms with van der Waals surface area (Å²) < 4.78 is 64.7. The number of hydrogen-bond acceptors (Lipinski definition) is 3. The number of amides is 1. The molecule has 1 N–H and O–H groups in total. The molecule has 0 spiro atoms. The van der Waals surface area contributed by atoms with Gasteiger partial charge in [0.05, 0.1) is 10.6 Å². The van der Waals surface area contributed by atoms with Gasteiger partial charge in [0.15, 0.2) is 17.5 Å². The number of carbonyl (C=O) groups excluding carboxylic acids is 1. The molecule has 0 aromatic heterocycles. The Morgan fingerprint density at radius 2 is 1.71 bits per heavy atom. The first-order valence-electron chi connectivity index (χ1n) is 6.62. The number of rotatable bonds is 4. The van der Waals surface area contributed by atoms with Crippen LogP contribution in [0.1, 0.15) is 10.4 Å². The summed E-state index contributed by atoms with van der Waals surface area (Å²) in [6.07, 6.45) is 0. The normalized spacial score (nSPS) is 11.6. The van der Waals surface area contributed by atoms with Crippen molar-refractivity contribution >= 4 is 21.6 Å². The van der Waals surface area contributed by atoms with Gasteiger partial charge in [-0.2, -0.15) is 0 Å². The summed E-state index contributed by atoms with van der Waals surface area (Å²) >= 11 is 0. The molecule has 0 aliphatic rings. The van der Waals surface area contributed by atoms with Gasteiger partial charge in [0.1, 0.15) is 0 Å². The predicted molar refractivity (Wildman–Crippen MR) is 81.6 cm³/mol. The minimum Gasteiger partial charge on any atom is -0.319 e. The van der Waals surface area contributed by atoms with Crippen LogP contribution in [0.3, 0.4) is 0 Å². The Labute approximate surface area is 136 Å². The molecule has 0 fully saturated rings. The van der Waals surface area contributed by atoms with Crippen LogP contribution in [-0.4, -0.2) is 32.7 Å². The van der Waals surface area contributed by atoms with E-state index in [1.807, 2.05) is 0 Å². The van der Waals surface area contributed by atoms with Crippen molar-refractivity contribution in [3.8, 4) is 0 Å². The van der Waals surface area contributed by atoms with Crippen molar-refractivity contribution in [1.82, 2.24) is 4.31 Å². The highest BCUT2D eigenvalue weighted by atomic mass is 32.2. The predicted octanol–water partition coefficient (Wildman–Crippen LogP) is 2.61. The average molecular weight is 358 g/mol. The Morgan fingerprint density at radius 1 is 1.04 bits per heavy atom. The van der Waals surface area contributed by atoms with Crippen molar-refractivity contribution in [2.45, 2.75) is 4.90 Å². The molecule has 0 unspecified atom stereocenters. The highest BCUT2D eigenvalue weighted by Gasteiger charge is 2.20. The Kier molecular flexibility index (Phi) is 4.95. The van der Waals surface area contributed by atoms with Gasteiger partial charge in [0.2, 0.25) is 10.0 Å². The fourth-order valence-corrected chi connectivity index (χ4v) is 2.77. The lowest BCUT2D eigenvalue weighted by molar-refractivity contribution is 0.102. The van der Waals surface area contributed by atoms with Crippen molar-refractivity contribution in [2.24, 2.45) is 0 Å². The van der Waals surface area contributed by atoms with Crippen molar-refractivity contribution < 1.29 is 26.4 Å². The van der Waals surface area contributed by atoms with E-state index >= 15 is 0 Å². The zero-order chi connectivity index (χ0) is 18.1. The number of anilines is 1. The highest BCUT2D eigenvalue weighted by Crippen LogP contribution is 2.21. The van der Waals surface area contributed by atoms with E-state index in [9.17, 15) is 26.4 Å². The molecule has 128 valence electrons. The number of nitrogens with one attached hydrogen (secondary N) is 1. The molecular weight excluding hydrogens is 345 g/mol. The molecule has 0 aliphatic carbocycles. The third-order valence-electron chi connectivity index (χ3n) is 3.16. The van der Waals surface area contributed by atoms with Crippen molar-refractivity contribution in [3.05, 3.63) is 59.4 Å². The van der Waals surface area contributed by atoms with Gasteiger partial charge in [0.25, 0.3) is 5.91 Å². The number of halogens is 3. The van der Waals surface area contributed by atoms with Gasteiger partial charge < -0.3 is 5.32 Å². The molecule has 0 saturated carbocycles. The molecule has 1 amide bonds. The van der Waals surface area contributed by atoms with E-state index in [-0.39, 0.29) is 10.5 Å². The van der Waals surface area contributed by atoms with Crippen LogP contribution in [0.4, 0.5) is 18.9 Å². The van der Waals surface area contributed by atoms with E-state index in [1.54, 1.807) is 0 Å². The first-order chi connectivity index (χ1) is 11.1. The first-order valence-corrected chi connectivity index (χ1v) is 8.06. The summed E-state index contributed by atoms with van der Waals surface area (Å²) in [5, 5.41) is 2.07. The Morgan fingerprint density at radius 3 is 2.33 bits per heavy atom. The second kappa shape index (κ2) is 6.62. The van der Waals surface area contributed by atoms with Gasteiger partial charge in [-0.05, 0) is 30.3 Å². The Balaban J connectivity index is 2.34. The molecular formula is C15H13F3N2O3S. The number of carbonyl (C=O) groups is 1. The molecule has 2 aromatic rings. The molecule has 5 nitrogen and oxygen atoms in total. The van der Waals surface area contributed by atoms with Gasteiger partial charge in [-0.1, -0.05) is 6.07 Å². The Bertz CT molecular complexity index is 899. The zero-order valence-electron chi connectivity index (χ0n) is 12.7. The van der Waals surface area contributed by atoms with Crippen LogP contribution in [0.25, 0.3) is 0 Å². The summed E-state index contributed by atoms with van der Waals surface area (Å²) in [5.41, 5.74) is -0.637. The standard InChI is InChI=1S/C15H13F3N2O3S/c1-20(2)24(22,23)10-5-3-4-9(8-10)15(21)19-12-7-6-11(16)13(17)14(12)18/h3-8H,1-2H3,(H,19,21). The monoisotopic (exact) mass is 358 g/mol. The van der Waals surface area contributed by atoms with Crippen LogP contribution in [0.5, 0.6) is 0 Å². The lowest BCUT2D eigenvalue weighted by Crippen LogP contribution is -2.23. The quantitative estimate of drug-likeness (QED) is 0.855. The smallest absolute Gasteiger partial charge is 0.255 e. The first kappa shape index (κ1) is 18.0. The van der Waals surface area contributed by atoms with E-state index in [4.69, 9.17) is 0 Å². The van der Waals surface area contributed by atoms with Crippen LogP contribution < -0.4 is 5.32 Å². The molecule has 0 heterocycles. The zero-order valence-corrected chi connectivity index (χ0v) is 13.5. The van der Waals surface area contributed by atoms with Crippen molar-refractivity contribution in [2.75, 3.05) is 19.4 Å². The summed E-state index contributed by atoms with van der Waals surface area (Å²) in [7, 11) is -1.09. The molecule has 2 aromatic carbocycles. The minimum absolute atomic E-state index is 0.0814. The summed E-state index contributed by atoms with van der Waals surface area (Å²) in [6, 6.07) is 6.58. The molecule has 24 heavy (non-hydrogen) atoms. The molecule has 0 aliphatic heterocycles. The van der Waals surface area contributed by atoms with E-state index < -0.39 is 39.1 Å². The van der Waals surface area contributed by atoms with Crippen LogP contribution in [0.2, 0.25) is 0 Å². The van der Waals surface area contributed by atoms with Gasteiger partial charge in [-0.25, -0.2) is 25.9 Å². The van der Waals surface area contributed by atoms with E-state index in [1.165, 1.54) is 32.3 Å². The summed E-state index contributed by atoms with van der Waals surface area (Å²) in [5.74, 6) is -5.50. The van der Waals surface area contributed by atoms with E-state index in [0.29, 0.717) is 6.07 Å². The maximum atomic E-state index is 13.6. The second-order valence-corrected chi connectivity index (χ2v) is 7.14. The molecule has 0 atom stereocenters. The summed E-state index contributed by atoms with van der Waals surface area (Å²) in [4.78, 5) is 12.0. The molecule has 9 heteroatoms. The SMILES string of the molecule is CN(C)S(=O)(=O)c1cccc(C(=O)Nc2ccc(F)c(F)c2F)c1. The molecule has 0 radical (unpaired) electrons. The molecule has 0 bridgehead atoms. The maximum absolute atomic E-state index is 13.6. The van der Waals surface area contributed by atoms with Crippen LogP contribution in [0.15, 0.2) is 41.3 Å². The number of benzene rings is 2. The lowest BCUT2D eigenvalue weighted by atomic mass is 10.2. The number of nitrogens with zero attached hydrogens (tertiary/aromatic N) is 1. The van der Waals surface area contributed by atoms with E-state index in [2.05, 4.69) is 5.32 Å². The number of sulfonamides is 1. The summed E-state index contributed by atoms with van der Waals surface area (Å²) in [6.45, 7) is 0. The third kappa shape index (κ3) is 3.41. The van der Waals surface area contributed by atoms with Gasteiger partial charge in [-0.3, -0.25) is 4.79 Å². The van der Waals surface area contributed by atoms with Crippen molar-refractivity contribution in [1.29, 1.82) is 0 Å². The van der Waals surface area contributed by atoms with Crippen LogP contribution >= 0.6 is 0 Å². The van der Waals surface area contributed by atoms with Gasteiger partial charge >= 0.3 is 0 Å². The van der Waals surface area contributed by atoms with Crippen molar-refractivity contribution in [3.63, 3.8) is 0 Å². The number of hydrogen-bond donors (Lipinski definition) is 1. The minimum atomic E-state index is -3.76. The van der Waals surface area contributed by atoms with E-state index in [0.717, 1.165) is 16.4 Å². The third-order valence-corrected chi connectivity index (χ3v) is 4.97. The van der Waals surface area contributed by atoms with Crippen LogP contribution in [0, 0.1) is 17.5 Å². The fourth-order valence-electron chi connectivity index (χ4n) is 1.83. The molecule has 2 rings (SSSR count). The lowest BCUT2D eigenvalue weighted by Gasteiger charge is -2.12. The fraction of sp³-hybridized carbons (Fsp3) is 0.133. The molecule has 0 saturated heterocycles. The second-order valence-electron chi connectivity index (χ2n) is 4.99. The largest absolute Gasteiger partial charge is 0.319 e. The van der Waals surface area contributed by atoms with Gasteiger partial charge in [0, 0.05) is 19.7 Å². The maximum Gasteiger partial charge on any atom is 0.255 e.